The van der Waals surface area contributed by atoms with Crippen molar-refractivity contribution in [3.8, 4) is 11.3 Å². The molecule has 4 heteroatoms. The van der Waals surface area contributed by atoms with Crippen LogP contribution in [-0.2, 0) is 4.74 Å². The minimum absolute atomic E-state index is 0.0706. The van der Waals surface area contributed by atoms with E-state index >= 15 is 0 Å². The number of hydrogen-bond donors (Lipinski definition) is 1. The molecule has 1 saturated carbocycles. The zero-order chi connectivity index (χ0) is 15.4. The molecule has 2 aromatic rings. The van der Waals surface area contributed by atoms with Gasteiger partial charge in [-0.2, -0.15) is 0 Å². The van der Waals surface area contributed by atoms with Crippen molar-refractivity contribution in [2.45, 2.75) is 37.8 Å². The second-order valence-corrected chi connectivity index (χ2v) is 7.34. The summed E-state index contributed by atoms with van der Waals surface area (Å²) in [5.41, 5.74) is 3.88. The number of aliphatic hydroxyl groups excluding tert-OH is 1. The van der Waals surface area contributed by atoms with E-state index in [1.165, 1.54) is 16.8 Å². The lowest BCUT2D eigenvalue weighted by Crippen LogP contribution is -2.40. The fourth-order valence-electron chi connectivity index (χ4n) is 5.18. The molecule has 3 heterocycles. The van der Waals surface area contributed by atoms with Crippen molar-refractivity contribution in [3.63, 3.8) is 0 Å². The molecule has 5 rings (SSSR count). The molecule has 1 aromatic carbocycles. The van der Waals surface area contributed by atoms with Gasteiger partial charge in [-0.15, -0.1) is 0 Å². The molecule has 3 aliphatic rings. The highest BCUT2D eigenvalue weighted by Crippen LogP contribution is 2.55. The van der Waals surface area contributed by atoms with Crippen LogP contribution in [0.5, 0.6) is 0 Å². The lowest BCUT2D eigenvalue weighted by molar-refractivity contribution is -0.0597. The number of hydrogen-bond acceptors (Lipinski definition) is 3. The Morgan fingerprint density at radius 3 is 2.87 bits per heavy atom. The molecule has 1 saturated heterocycles. The van der Waals surface area contributed by atoms with Gasteiger partial charge in [-0.05, 0) is 31.2 Å². The summed E-state index contributed by atoms with van der Waals surface area (Å²) < 4.78 is 7.81. The van der Waals surface area contributed by atoms with Gasteiger partial charge in [0.2, 0.25) is 0 Å². The van der Waals surface area contributed by atoms with Crippen molar-refractivity contribution in [1.29, 1.82) is 0 Å². The van der Waals surface area contributed by atoms with E-state index in [-0.39, 0.29) is 23.5 Å². The average molecular weight is 310 g/mol. The van der Waals surface area contributed by atoms with Crippen molar-refractivity contribution < 1.29 is 9.84 Å². The first-order chi connectivity index (χ1) is 11.3. The average Bonchev–Trinajstić information content (AvgIpc) is 3.25. The van der Waals surface area contributed by atoms with Crippen LogP contribution in [0.15, 0.2) is 36.8 Å². The van der Waals surface area contributed by atoms with Crippen molar-refractivity contribution in [1.82, 2.24) is 9.55 Å². The molecule has 0 radical (unpaired) electrons. The third-order valence-corrected chi connectivity index (χ3v) is 6.42. The molecule has 120 valence electrons. The first-order valence-electron chi connectivity index (χ1n) is 8.67. The summed E-state index contributed by atoms with van der Waals surface area (Å²) in [4.78, 5) is 4.35. The molecular weight excluding hydrogens is 288 g/mol. The van der Waals surface area contributed by atoms with Gasteiger partial charge in [0.05, 0.1) is 30.4 Å². The van der Waals surface area contributed by atoms with Crippen LogP contribution in [0, 0.1) is 11.3 Å². The topological polar surface area (TPSA) is 47.3 Å². The van der Waals surface area contributed by atoms with Crippen LogP contribution < -0.4 is 0 Å². The minimum Gasteiger partial charge on any atom is -0.392 e. The Morgan fingerprint density at radius 2 is 2.00 bits per heavy atom. The number of fused-ring (bicyclic) bond motifs is 3. The SMILES string of the molecule is O[C@@H]1[C@@H]([C@H]2c3ccccc3-c3cncn32)CCC12CCOCC2. The minimum atomic E-state index is -0.252. The summed E-state index contributed by atoms with van der Waals surface area (Å²) >= 11 is 0. The van der Waals surface area contributed by atoms with Gasteiger partial charge >= 0.3 is 0 Å². The number of imidazole rings is 1. The molecule has 0 bridgehead atoms. The fraction of sp³-hybridized carbons (Fsp3) is 0.526. The standard InChI is InChI=1S/C19H22N2O2/c22-18-15(5-6-19(18)7-9-23-10-8-19)17-14-4-2-1-3-13(14)16-11-20-12-21(16)17/h1-4,11-12,15,17-18,22H,5-10H2/t15-,17-,18-/m1/s1. The normalized spacial score (nSPS) is 31.3. The lowest BCUT2D eigenvalue weighted by atomic mass is 9.74. The Balaban J connectivity index is 1.56. The number of aromatic nitrogens is 2. The number of aliphatic hydroxyl groups is 1. The Kier molecular flexibility index (Phi) is 2.94. The molecule has 4 nitrogen and oxygen atoms in total. The predicted octanol–water partition coefficient (Wildman–Crippen LogP) is 3.02. The summed E-state index contributed by atoms with van der Waals surface area (Å²) in [5.74, 6) is 0.268. The molecule has 2 aliphatic heterocycles. The van der Waals surface area contributed by atoms with Crippen LogP contribution >= 0.6 is 0 Å². The molecule has 1 spiro atoms. The van der Waals surface area contributed by atoms with Crippen LogP contribution in [0.2, 0.25) is 0 Å². The number of benzene rings is 1. The van der Waals surface area contributed by atoms with Crippen molar-refractivity contribution in [3.05, 3.63) is 42.4 Å². The van der Waals surface area contributed by atoms with Gasteiger partial charge in [0.25, 0.3) is 0 Å². The van der Waals surface area contributed by atoms with Gasteiger partial charge in [-0.3, -0.25) is 0 Å². The first kappa shape index (κ1) is 13.8. The van der Waals surface area contributed by atoms with E-state index in [1.807, 2.05) is 12.5 Å². The van der Waals surface area contributed by atoms with E-state index in [0.717, 1.165) is 38.9 Å². The number of rotatable bonds is 1. The Bertz CT molecular complexity index is 732. The summed E-state index contributed by atoms with van der Waals surface area (Å²) in [6.45, 7) is 1.59. The molecule has 2 fully saturated rings. The van der Waals surface area contributed by atoms with Crippen LogP contribution in [-0.4, -0.2) is 34.0 Å². The van der Waals surface area contributed by atoms with Gasteiger partial charge in [-0.25, -0.2) is 4.98 Å². The van der Waals surface area contributed by atoms with E-state index in [9.17, 15) is 5.11 Å². The number of nitrogens with zero attached hydrogens (tertiary/aromatic N) is 2. The zero-order valence-electron chi connectivity index (χ0n) is 13.2. The smallest absolute Gasteiger partial charge is 0.0956 e. The summed E-state index contributed by atoms with van der Waals surface area (Å²) in [6.07, 6.45) is 7.82. The molecule has 0 amide bonds. The highest BCUT2D eigenvalue weighted by molar-refractivity contribution is 5.69. The molecule has 1 N–H and O–H groups in total. The van der Waals surface area contributed by atoms with Gasteiger partial charge in [0.15, 0.2) is 0 Å². The van der Waals surface area contributed by atoms with Crippen LogP contribution in [0.4, 0.5) is 0 Å². The van der Waals surface area contributed by atoms with Gasteiger partial charge in [-0.1, -0.05) is 24.3 Å². The summed E-state index contributed by atoms with van der Waals surface area (Å²) in [6, 6.07) is 8.81. The third kappa shape index (κ3) is 1.82. The Hall–Kier alpha value is -1.65. The molecular formula is C19H22N2O2. The van der Waals surface area contributed by atoms with Crippen LogP contribution in [0.1, 0.15) is 37.3 Å². The van der Waals surface area contributed by atoms with Crippen LogP contribution in [0.25, 0.3) is 11.3 Å². The largest absolute Gasteiger partial charge is 0.392 e. The van der Waals surface area contributed by atoms with E-state index in [2.05, 4.69) is 33.8 Å². The highest BCUT2D eigenvalue weighted by atomic mass is 16.5. The summed E-state index contributed by atoms with van der Waals surface area (Å²) in [7, 11) is 0. The van der Waals surface area contributed by atoms with Crippen molar-refractivity contribution in [2.24, 2.45) is 11.3 Å². The monoisotopic (exact) mass is 310 g/mol. The molecule has 23 heavy (non-hydrogen) atoms. The lowest BCUT2D eigenvalue weighted by Gasteiger charge is -2.38. The maximum absolute atomic E-state index is 11.2. The predicted molar refractivity (Wildman–Crippen MR) is 87.0 cm³/mol. The fourth-order valence-corrected chi connectivity index (χ4v) is 5.18. The zero-order valence-corrected chi connectivity index (χ0v) is 13.2. The van der Waals surface area contributed by atoms with E-state index in [0.29, 0.717) is 0 Å². The van der Waals surface area contributed by atoms with E-state index < -0.39 is 0 Å². The third-order valence-electron chi connectivity index (χ3n) is 6.42. The number of ether oxygens (including phenoxy) is 1. The van der Waals surface area contributed by atoms with Crippen molar-refractivity contribution in [2.75, 3.05) is 13.2 Å². The maximum Gasteiger partial charge on any atom is 0.0956 e. The Morgan fingerprint density at radius 1 is 1.17 bits per heavy atom. The first-order valence-corrected chi connectivity index (χ1v) is 8.67. The molecule has 3 atom stereocenters. The second-order valence-electron chi connectivity index (χ2n) is 7.34. The maximum atomic E-state index is 11.2. The van der Waals surface area contributed by atoms with Gasteiger partial charge < -0.3 is 14.4 Å². The molecule has 1 aromatic heterocycles. The van der Waals surface area contributed by atoms with Crippen molar-refractivity contribution >= 4 is 0 Å². The molecule has 0 unspecified atom stereocenters. The summed E-state index contributed by atoms with van der Waals surface area (Å²) in [5, 5.41) is 11.2. The molecule has 1 aliphatic carbocycles. The quantitative estimate of drug-likeness (QED) is 0.881. The van der Waals surface area contributed by atoms with Gasteiger partial charge in [0, 0.05) is 30.1 Å². The van der Waals surface area contributed by atoms with E-state index in [4.69, 9.17) is 4.74 Å². The van der Waals surface area contributed by atoms with Crippen LogP contribution in [0.3, 0.4) is 0 Å². The second kappa shape index (κ2) is 4.92. The van der Waals surface area contributed by atoms with E-state index in [1.54, 1.807) is 0 Å². The highest BCUT2D eigenvalue weighted by Gasteiger charge is 2.52. The Labute approximate surface area is 136 Å². The van der Waals surface area contributed by atoms with Gasteiger partial charge in [0.1, 0.15) is 0 Å².